The molecule has 0 unspecified atom stereocenters. The molecule has 5 N–H and O–H groups in total. The number of carboxylic acid groups (broad SMARTS) is 1. The molecule has 0 aliphatic carbocycles. The summed E-state index contributed by atoms with van der Waals surface area (Å²) in [6.07, 6.45) is -0.470. The Hall–Kier alpha value is -2.09. The van der Waals surface area contributed by atoms with Gasteiger partial charge in [-0.25, -0.2) is 9.59 Å². The van der Waals surface area contributed by atoms with Gasteiger partial charge in [0, 0.05) is 10.2 Å². The van der Waals surface area contributed by atoms with Gasteiger partial charge in [-0.3, -0.25) is 4.79 Å². The van der Waals surface area contributed by atoms with Crippen molar-refractivity contribution >= 4 is 39.5 Å². The predicted molar refractivity (Wildman–Crippen MR) is 76.3 cm³/mol. The largest absolute Gasteiger partial charge is 0.480 e. The first-order valence-corrected chi connectivity index (χ1v) is 6.43. The summed E-state index contributed by atoms with van der Waals surface area (Å²) in [5, 5.41) is 13.5. The lowest BCUT2D eigenvalue weighted by Crippen LogP contribution is -2.45. The van der Waals surface area contributed by atoms with E-state index in [0.717, 1.165) is 10.0 Å². The topological polar surface area (TPSA) is 122 Å². The van der Waals surface area contributed by atoms with Crippen LogP contribution in [-0.4, -0.2) is 29.1 Å². The quantitative estimate of drug-likeness (QED) is 0.641. The van der Waals surface area contributed by atoms with E-state index in [-0.39, 0.29) is 0 Å². The molecule has 0 saturated heterocycles. The SMILES string of the molecule is Cc1cc(NC(=O)N[C@@H](CC(N)=O)C(=O)O)ccc1Br. The highest BCUT2D eigenvalue weighted by molar-refractivity contribution is 9.10. The number of hydrogen-bond donors (Lipinski definition) is 4. The maximum absolute atomic E-state index is 11.7. The third-order valence-electron chi connectivity index (χ3n) is 2.42. The zero-order chi connectivity index (χ0) is 15.3. The summed E-state index contributed by atoms with van der Waals surface area (Å²) in [5.41, 5.74) is 6.33. The number of carboxylic acids is 1. The van der Waals surface area contributed by atoms with E-state index in [4.69, 9.17) is 10.8 Å². The van der Waals surface area contributed by atoms with Crippen molar-refractivity contribution in [2.45, 2.75) is 19.4 Å². The lowest BCUT2D eigenvalue weighted by Gasteiger charge is -2.14. The maximum Gasteiger partial charge on any atom is 0.326 e. The number of carbonyl (C=O) groups is 3. The molecule has 0 saturated carbocycles. The number of halogens is 1. The van der Waals surface area contributed by atoms with Crippen molar-refractivity contribution in [3.8, 4) is 0 Å². The molecule has 108 valence electrons. The number of aryl methyl sites for hydroxylation is 1. The average molecular weight is 344 g/mol. The number of amides is 3. The molecule has 1 atom stereocenters. The van der Waals surface area contributed by atoms with Gasteiger partial charge in [-0.1, -0.05) is 15.9 Å². The van der Waals surface area contributed by atoms with Crippen molar-refractivity contribution < 1.29 is 19.5 Å². The maximum atomic E-state index is 11.7. The van der Waals surface area contributed by atoms with Crippen molar-refractivity contribution in [3.05, 3.63) is 28.2 Å². The van der Waals surface area contributed by atoms with E-state index >= 15 is 0 Å². The minimum atomic E-state index is -1.36. The van der Waals surface area contributed by atoms with Gasteiger partial charge < -0.3 is 21.5 Å². The van der Waals surface area contributed by atoms with Crippen molar-refractivity contribution in [1.82, 2.24) is 5.32 Å². The first-order chi connectivity index (χ1) is 9.29. The number of hydrogen-bond acceptors (Lipinski definition) is 3. The third-order valence-corrected chi connectivity index (χ3v) is 3.31. The summed E-state index contributed by atoms with van der Waals surface area (Å²) < 4.78 is 0.889. The zero-order valence-electron chi connectivity index (χ0n) is 10.6. The van der Waals surface area contributed by atoms with Gasteiger partial charge in [0.1, 0.15) is 6.04 Å². The Morgan fingerprint density at radius 2 is 2.05 bits per heavy atom. The van der Waals surface area contributed by atoms with Gasteiger partial charge in [-0.2, -0.15) is 0 Å². The number of benzene rings is 1. The predicted octanol–water partition coefficient (Wildman–Crippen LogP) is 1.21. The van der Waals surface area contributed by atoms with Crippen LogP contribution < -0.4 is 16.4 Å². The fraction of sp³-hybridized carbons (Fsp3) is 0.250. The first kappa shape index (κ1) is 16.0. The molecular formula is C12H14BrN3O4. The number of rotatable bonds is 5. The monoisotopic (exact) mass is 343 g/mol. The number of nitrogens with one attached hydrogen (secondary N) is 2. The highest BCUT2D eigenvalue weighted by Gasteiger charge is 2.22. The Morgan fingerprint density at radius 3 is 2.55 bits per heavy atom. The highest BCUT2D eigenvalue weighted by Crippen LogP contribution is 2.19. The van der Waals surface area contributed by atoms with Gasteiger partial charge in [-0.15, -0.1) is 0 Å². The molecule has 3 amide bonds. The fourth-order valence-corrected chi connectivity index (χ4v) is 1.70. The van der Waals surface area contributed by atoms with Crippen LogP contribution in [0.5, 0.6) is 0 Å². The molecule has 0 aliphatic rings. The Labute approximate surface area is 123 Å². The molecule has 20 heavy (non-hydrogen) atoms. The summed E-state index contributed by atoms with van der Waals surface area (Å²) in [6, 6.07) is 3.04. The smallest absolute Gasteiger partial charge is 0.326 e. The van der Waals surface area contributed by atoms with Crippen LogP contribution in [0.1, 0.15) is 12.0 Å². The lowest BCUT2D eigenvalue weighted by molar-refractivity contribution is -0.140. The van der Waals surface area contributed by atoms with Crippen molar-refractivity contribution in [2.24, 2.45) is 5.73 Å². The molecule has 1 rings (SSSR count). The van der Waals surface area contributed by atoms with Crippen LogP contribution in [0.4, 0.5) is 10.5 Å². The van der Waals surface area contributed by atoms with Crippen LogP contribution >= 0.6 is 15.9 Å². The van der Waals surface area contributed by atoms with Crippen LogP contribution in [0.2, 0.25) is 0 Å². The molecule has 7 nitrogen and oxygen atoms in total. The van der Waals surface area contributed by atoms with Crippen molar-refractivity contribution in [2.75, 3.05) is 5.32 Å². The van der Waals surface area contributed by atoms with Crippen LogP contribution in [-0.2, 0) is 9.59 Å². The van der Waals surface area contributed by atoms with Crippen LogP contribution in [0, 0.1) is 6.92 Å². The Morgan fingerprint density at radius 1 is 1.40 bits per heavy atom. The van der Waals surface area contributed by atoms with E-state index in [1.165, 1.54) is 0 Å². The summed E-state index contributed by atoms with van der Waals surface area (Å²) in [7, 11) is 0. The van der Waals surface area contributed by atoms with Gasteiger partial charge in [0.05, 0.1) is 6.42 Å². The number of nitrogens with two attached hydrogens (primary N) is 1. The third kappa shape index (κ3) is 4.88. The second-order valence-electron chi connectivity index (χ2n) is 4.12. The molecule has 0 heterocycles. The number of primary amides is 1. The Balaban J connectivity index is 2.67. The van der Waals surface area contributed by atoms with Gasteiger partial charge in [0.25, 0.3) is 0 Å². The van der Waals surface area contributed by atoms with Crippen LogP contribution in [0.15, 0.2) is 22.7 Å². The first-order valence-electron chi connectivity index (χ1n) is 5.64. The Kier molecular flexibility index (Phi) is 5.51. The van der Waals surface area contributed by atoms with E-state index in [9.17, 15) is 14.4 Å². The molecule has 0 aromatic heterocycles. The summed E-state index contributed by atoms with van der Waals surface area (Å²) >= 11 is 3.32. The van der Waals surface area contributed by atoms with E-state index in [1.54, 1.807) is 18.2 Å². The molecule has 0 bridgehead atoms. The highest BCUT2D eigenvalue weighted by atomic mass is 79.9. The number of anilines is 1. The zero-order valence-corrected chi connectivity index (χ0v) is 12.2. The molecular weight excluding hydrogens is 330 g/mol. The molecule has 1 aromatic carbocycles. The molecule has 1 aromatic rings. The minimum absolute atomic E-state index is 0.470. The summed E-state index contributed by atoms with van der Waals surface area (Å²) in [5.74, 6) is -2.14. The number of carbonyl (C=O) groups excluding carboxylic acids is 2. The van der Waals surface area contributed by atoms with Crippen LogP contribution in [0.25, 0.3) is 0 Å². The van der Waals surface area contributed by atoms with Crippen molar-refractivity contribution in [3.63, 3.8) is 0 Å². The normalized spacial score (nSPS) is 11.5. The standard InChI is InChI=1S/C12H14BrN3O4/c1-6-4-7(2-3-8(6)13)15-12(20)16-9(11(18)19)5-10(14)17/h2-4,9H,5H2,1H3,(H2,14,17)(H,18,19)(H2,15,16,20)/t9-/m0/s1. The second kappa shape index (κ2) is 6.90. The minimum Gasteiger partial charge on any atom is -0.480 e. The molecule has 0 fully saturated rings. The van der Waals surface area contributed by atoms with Crippen LogP contribution in [0.3, 0.4) is 0 Å². The lowest BCUT2D eigenvalue weighted by atomic mass is 10.2. The molecule has 0 aliphatic heterocycles. The van der Waals surface area contributed by atoms with Gasteiger partial charge in [-0.05, 0) is 30.7 Å². The second-order valence-corrected chi connectivity index (χ2v) is 4.98. The van der Waals surface area contributed by atoms with E-state index in [2.05, 4.69) is 26.6 Å². The molecule has 0 spiro atoms. The summed E-state index contributed by atoms with van der Waals surface area (Å²) in [4.78, 5) is 33.2. The number of aliphatic carboxylic acids is 1. The number of urea groups is 1. The van der Waals surface area contributed by atoms with Crippen molar-refractivity contribution in [1.29, 1.82) is 0 Å². The van der Waals surface area contributed by atoms with Gasteiger partial charge >= 0.3 is 12.0 Å². The van der Waals surface area contributed by atoms with E-state index in [0.29, 0.717) is 5.69 Å². The van der Waals surface area contributed by atoms with E-state index < -0.39 is 30.4 Å². The molecule has 0 radical (unpaired) electrons. The Bertz CT molecular complexity index is 548. The average Bonchev–Trinajstić information content (AvgIpc) is 2.32. The van der Waals surface area contributed by atoms with Gasteiger partial charge in [0.15, 0.2) is 0 Å². The van der Waals surface area contributed by atoms with E-state index in [1.807, 2.05) is 6.92 Å². The summed E-state index contributed by atoms with van der Waals surface area (Å²) in [6.45, 7) is 1.85. The van der Waals surface area contributed by atoms with Gasteiger partial charge in [0.2, 0.25) is 5.91 Å². The molecule has 8 heteroatoms. The fourth-order valence-electron chi connectivity index (χ4n) is 1.45.